The van der Waals surface area contributed by atoms with Gasteiger partial charge in [-0.3, -0.25) is 0 Å². The molecule has 1 aromatic carbocycles. The smallest absolute Gasteiger partial charge is 0.243 e. The maximum Gasteiger partial charge on any atom is 0.243 e. The maximum absolute atomic E-state index is 13.4. The molecule has 2 aliphatic heterocycles. The second kappa shape index (κ2) is 8.72. The van der Waals surface area contributed by atoms with E-state index in [1.165, 1.54) is 0 Å². The molecule has 9 heteroatoms. The molecule has 0 aliphatic carbocycles. The first kappa shape index (κ1) is 22.0. The van der Waals surface area contributed by atoms with Crippen molar-refractivity contribution >= 4 is 21.8 Å². The van der Waals surface area contributed by atoms with E-state index in [9.17, 15) is 8.42 Å². The summed E-state index contributed by atoms with van der Waals surface area (Å²) in [5.41, 5.74) is 3.59. The van der Waals surface area contributed by atoms with Crippen molar-refractivity contribution < 1.29 is 13.2 Å². The Morgan fingerprint density at radius 1 is 0.806 bits per heavy atom. The van der Waals surface area contributed by atoms with E-state index in [1.807, 2.05) is 45.9 Å². The van der Waals surface area contributed by atoms with Gasteiger partial charge in [-0.2, -0.15) is 9.29 Å². The zero-order chi connectivity index (χ0) is 22.2. The number of aryl methyl sites for hydroxylation is 4. The van der Waals surface area contributed by atoms with E-state index in [1.54, 1.807) is 4.31 Å². The summed E-state index contributed by atoms with van der Waals surface area (Å²) < 4.78 is 33.7. The fourth-order valence-electron chi connectivity index (χ4n) is 4.46. The number of sulfonamides is 1. The second-order valence-electron chi connectivity index (χ2n) is 8.39. The Balaban J connectivity index is 1.51. The van der Waals surface area contributed by atoms with Gasteiger partial charge in [0.05, 0.1) is 18.1 Å². The van der Waals surface area contributed by atoms with Crippen molar-refractivity contribution in [1.29, 1.82) is 0 Å². The van der Waals surface area contributed by atoms with Gasteiger partial charge >= 0.3 is 0 Å². The Kier molecular flexibility index (Phi) is 6.18. The van der Waals surface area contributed by atoms with E-state index in [0.717, 1.165) is 41.3 Å². The molecular weight excluding hydrogens is 414 g/mol. The second-order valence-corrected chi connectivity index (χ2v) is 10.3. The minimum Gasteiger partial charge on any atom is -0.378 e. The van der Waals surface area contributed by atoms with Crippen molar-refractivity contribution in [3.8, 4) is 0 Å². The van der Waals surface area contributed by atoms with Gasteiger partial charge in [0.25, 0.3) is 0 Å². The maximum atomic E-state index is 13.4. The van der Waals surface area contributed by atoms with Crippen molar-refractivity contribution in [2.75, 3.05) is 62.3 Å². The van der Waals surface area contributed by atoms with Gasteiger partial charge in [0.1, 0.15) is 5.82 Å². The predicted octanol–water partition coefficient (Wildman–Crippen LogP) is 2.06. The largest absolute Gasteiger partial charge is 0.378 e. The molecule has 2 aromatic rings. The van der Waals surface area contributed by atoms with Crippen LogP contribution in [0.15, 0.2) is 23.1 Å². The lowest BCUT2D eigenvalue weighted by Crippen LogP contribution is -2.49. The van der Waals surface area contributed by atoms with Gasteiger partial charge in [-0.25, -0.2) is 13.4 Å². The van der Waals surface area contributed by atoms with Gasteiger partial charge in [-0.15, -0.1) is 0 Å². The standard InChI is InChI=1S/C22H31N5O3S/c1-16-13-17(2)21(18(3)14-16)31(28,29)27-7-5-26(6-8-27)22-23-19(4)15-20(24-22)25-9-11-30-12-10-25/h13-15H,5-12H2,1-4H3. The predicted molar refractivity (Wildman–Crippen MR) is 121 cm³/mol. The quantitative estimate of drug-likeness (QED) is 0.713. The van der Waals surface area contributed by atoms with Crippen LogP contribution in [-0.2, 0) is 14.8 Å². The Hall–Kier alpha value is -2.23. The molecule has 0 N–H and O–H groups in total. The van der Waals surface area contributed by atoms with Gasteiger partial charge < -0.3 is 14.5 Å². The zero-order valence-electron chi connectivity index (χ0n) is 18.8. The Morgan fingerprint density at radius 3 is 2.03 bits per heavy atom. The van der Waals surface area contributed by atoms with Crippen LogP contribution < -0.4 is 9.80 Å². The molecule has 2 aliphatic rings. The number of rotatable bonds is 4. The molecule has 0 saturated carbocycles. The molecule has 0 bridgehead atoms. The zero-order valence-corrected chi connectivity index (χ0v) is 19.6. The van der Waals surface area contributed by atoms with E-state index in [4.69, 9.17) is 9.72 Å². The van der Waals surface area contributed by atoms with Gasteiger partial charge in [0, 0.05) is 51.0 Å². The molecule has 0 amide bonds. The van der Waals surface area contributed by atoms with Crippen molar-refractivity contribution in [3.63, 3.8) is 0 Å². The van der Waals surface area contributed by atoms with Crippen molar-refractivity contribution in [1.82, 2.24) is 14.3 Å². The van der Waals surface area contributed by atoms with E-state index in [2.05, 4.69) is 14.8 Å². The van der Waals surface area contributed by atoms with Crippen LogP contribution in [0.1, 0.15) is 22.4 Å². The van der Waals surface area contributed by atoms with Crippen LogP contribution in [0.2, 0.25) is 0 Å². The summed E-state index contributed by atoms with van der Waals surface area (Å²) in [6, 6.07) is 5.87. The number of aromatic nitrogens is 2. The summed E-state index contributed by atoms with van der Waals surface area (Å²) in [6.45, 7) is 12.7. The fourth-order valence-corrected chi connectivity index (χ4v) is 6.30. The molecular formula is C22H31N5O3S. The Labute approximate surface area is 184 Å². The van der Waals surface area contributed by atoms with Crippen LogP contribution in [0, 0.1) is 27.7 Å². The number of hydrogen-bond donors (Lipinski definition) is 0. The summed E-state index contributed by atoms with van der Waals surface area (Å²) in [5, 5.41) is 0. The average Bonchev–Trinajstić information content (AvgIpc) is 2.73. The summed E-state index contributed by atoms with van der Waals surface area (Å²) in [6.07, 6.45) is 0. The summed E-state index contributed by atoms with van der Waals surface area (Å²) in [5.74, 6) is 1.58. The highest BCUT2D eigenvalue weighted by atomic mass is 32.2. The third-order valence-electron chi connectivity index (χ3n) is 5.89. The fraction of sp³-hybridized carbons (Fsp3) is 0.545. The molecule has 0 spiro atoms. The molecule has 2 saturated heterocycles. The molecule has 8 nitrogen and oxygen atoms in total. The van der Waals surface area contributed by atoms with Crippen LogP contribution in [0.4, 0.5) is 11.8 Å². The minimum absolute atomic E-state index is 0.416. The van der Waals surface area contributed by atoms with Gasteiger partial charge in [-0.1, -0.05) is 17.7 Å². The lowest BCUT2D eigenvalue weighted by atomic mass is 10.1. The molecule has 0 atom stereocenters. The first-order valence-corrected chi connectivity index (χ1v) is 12.2. The summed E-state index contributed by atoms with van der Waals surface area (Å²) in [7, 11) is -3.54. The number of hydrogen-bond acceptors (Lipinski definition) is 7. The molecule has 168 valence electrons. The molecule has 0 radical (unpaired) electrons. The number of nitrogens with zero attached hydrogens (tertiary/aromatic N) is 5. The van der Waals surface area contributed by atoms with Crippen LogP contribution in [-0.4, -0.2) is 75.2 Å². The molecule has 4 rings (SSSR count). The highest BCUT2D eigenvalue weighted by molar-refractivity contribution is 7.89. The first-order valence-electron chi connectivity index (χ1n) is 10.8. The van der Waals surface area contributed by atoms with Gasteiger partial charge in [-0.05, 0) is 38.8 Å². The first-order chi connectivity index (χ1) is 14.8. The van der Waals surface area contributed by atoms with E-state index in [-0.39, 0.29) is 0 Å². The van der Waals surface area contributed by atoms with Gasteiger partial charge in [0.15, 0.2) is 0 Å². The van der Waals surface area contributed by atoms with E-state index < -0.39 is 10.0 Å². The summed E-state index contributed by atoms with van der Waals surface area (Å²) in [4.78, 5) is 14.1. The lowest BCUT2D eigenvalue weighted by molar-refractivity contribution is 0.122. The molecule has 2 fully saturated rings. The third-order valence-corrected chi connectivity index (χ3v) is 8.09. The summed E-state index contributed by atoms with van der Waals surface area (Å²) >= 11 is 0. The molecule has 31 heavy (non-hydrogen) atoms. The molecule has 1 aromatic heterocycles. The van der Waals surface area contributed by atoms with Crippen molar-refractivity contribution in [2.24, 2.45) is 0 Å². The topological polar surface area (TPSA) is 78.9 Å². The number of morpholine rings is 1. The van der Waals surface area contributed by atoms with Crippen LogP contribution in [0.3, 0.4) is 0 Å². The molecule has 3 heterocycles. The van der Waals surface area contributed by atoms with Crippen molar-refractivity contribution in [3.05, 3.63) is 40.6 Å². The van der Waals surface area contributed by atoms with Gasteiger partial charge in [0.2, 0.25) is 16.0 Å². The monoisotopic (exact) mass is 445 g/mol. The van der Waals surface area contributed by atoms with Crippen LogP contribution in [0.25, 0.3) is 0 Å². The lowest BCUT2D eigenvalue weighted by Gasteiger charge is -2.35. The Bertz CT molecular complexity index is 1040. The van der Waals surface area contributed by atoms with Crippen LogP contribution in [0.5, 0.6) is 0 Å². The highest BCUT2D eigenvalue weighted by Crippen LogP contribution is 2.27. The number of ether oxygens (including phenoxy) is 1. The highest BCUT2D eigenvalue weighted by Gasteiger charge is 2.32. The van der Waals surface area contributed by atoms with Crippen LogP contribution >= 0.6 is 0 Å². The number of anilines is 2. The van der Waals surface area contributed by atoms with E-state index in [0.29, 0.717) is 50.2 Å². The average molecular weight is 446 g/mol. The minimum atomic E-state index is -3.54. The SMILES string of the molecule is Cc1cc(C)c(S(=O)(=O)N2CCN(c3nc(C)cc(N4CCOCC4)n3)CC2)c(C)c1. The Morgan fingerprint density at radius 2 is 1.42 bits per heavy atom. The molecule has 0 unspecified atom stereocenters. The number of benzene rings is 1. The normalized spacial score (nSPS) is 18.5. The van der Waals surface area contributed by atoms with E-state index >= 15 is 0 Å². The van der Waals surface area contributed by atoms with Crippen molar-refractivity contribution in [2.45, 2.75) is 32.6 Å². The third kappa shape index (κ3) is 4.53. The number of piperazine rings is 1.